The molecule has 2 aromatic rings. The van der Waals surface area contributed by atoms with Gasteiger partial charge in [0.25, 0.3) is 11.5 Å². The first-order valence-corrected chi connectivity index (χ1v) is 6.90. The van der Waals surface area contributed by atoms with Gasteiger partial charge in [-0.2, -0.15) is 5.10 Å². The van der Waals surface area contributed by atoms with Crippen molar-refractivity contribution in [1.29, 1.82) is 0 Å². The highest BCUT2D eigenvalue weighted by Crippen LogP contribution is 2.10. The summed E-state index contributed by atoms with van der Waals surface area (Å²) in [7, 11) is 1.68. The molecule has 6 heteroatoms. The van der Waals surface area contributed by atoms with Crippen LogP contribution in [0.2, 0.25) is 0 Å². The Morgan fingerprint density at radius 2 is 2.10 bits per heavy atom. The van der Waals surface area contributed by atoms with Crippen molar-refractivity contribution in [2.45, 2.75) is 33.4 Å². The maximum absolute atomic E-state index is 12.3. The van der Waals surface area contributed by atoms with E-state index < -0.39 is 0 Å². The zero-order valence-electron chi connectivity index (χ0n) is 12.5. The quantitative estimate of drug-likeness (QED) is 0.842. The first-order valence-electron chi connectivity index (χ1n) is 6.90. The molecule has 0 atom stereocenters. The van der Waals surface area contributed by atoms with Crippen molar-refractivity contribution in [3.63, 3.8) is 0 Å². The van der Waals surface area contributed by atoms with Crippen LogP contribution >= 0.6 is 0 Å². The van der Waals surface area contributed by atoms with Crippen LogP contribution in [0.5, 0.6) is 0 Å². The summed E-state index contributed by atoms with van der Waals surface area (Å²) in [6.07, 6.45) is 0.784. The van der Waals surface area contributed by atoms with Gasteiger partial charge in [0.1, 0.15) is 17.2 Å². The van der Waals surface area contributed by atoms with Crippen molar-refractivity contribution in [2.24, 2.45) is 0 Å². The molecule has 0 aliphatic heterocycles. The smallest absolute Gasteiger partial charge is 0.274 e. The van der Waals surface area contributed by atoms with Gasteiger partial charge in [0.15, 0.2) is 0 Å². The monoisotopic (exact) mass is 289 g/mol. The van der Waals surface area contributed by atoms with Crippen molar-refractivity contribution in [2.75, 3.05) is 7.05 Å². The Hall–Kier alpha value is -2.37. The van der Waals surface area contributed by atoms with Gasteiger partial charge in [0.05, 0.1) is 6.54 Å². The number of aryl methyl sites for hydroxylation is 2. The minimum atomic E-state index is -0.242. The number of carbonyl (C=O) groups excluding carboxylic acids is 1. The van der Waals surface area contributed by atoms with Crippen LogP contribution in [0.1, 0.15) is 35.4 Å². The molecule has 0 radical (unpaired) electrons. The minimum Gasteiger partial charge on any atom is -0.464 e. The fourth-order valence-electron chi connectivity index (χ4n) is 2.01. The van der Waals surface area contributed by atoms with E-state index in [0.29, 0.717) is 18.8 Å². The van der Waals surface area contributed by atoms with Crippen molar-refractivity contribution >= 4 is 5.91 Å². The zero-order valence-corrected chi connectivity index (χ0v) is 12.5. The Labute approximate surface area is 123 Å². The van der Waals surface area contributed by atoms with Gasteiger partial charge >= 0.3 is 0 Å². The van der Waals surface area contributed by atoms with Crippen LogP contribution < -0.4 is 5.56 Å². The Kier molecular flexibility index (Phi) is 4.57. The van der Waals surface area contributed by atoms with Crippen LogP contribution in [0.3, 0.4) is 0 Å². The van der Waals surface area contributed by atoms with Crippen LogP contribution in [0.4, 0.5) is 0 Å². The maximum Gasteiger partial charge on any atom is 0.274 e. The van der Waals surface area contributed by atoms with Gasteiger partial charge in [-0.1, -0.05) is 6.92 Å². The number of amides is 1. The summed E-state index contributed by atoms with van der Waals surface area (Å²) in [5.74, 6) is 1.28. The van der Waals surface area contributed by atoms with E-state index >= 15 is 0 Å². The molecule has 21 heavy (non-hydrogen) atoms. The summed E-state index contributed by atoms with van der Waals surface area (Å²) in [5.41, 5.74) is 0.0616. The Bertz CT molecular complexity index is 687. The van der Waals surface area contributed by atoms with Gasteiger partial charge in [0.2, 0.25) is 0 Å². The van der Waals surface area contributed by atoms with Crippen molar-refractivity contribution in [3.05, 3.63) is 51.8 Å². The van der Waals surface area contributed by atoms with E-state index in [4.69, 9.17) is 4.42 Å². The first-order chi connectivity index (χ1) is 10.0. The molecule has 0 fully saturated rings. The normalized spacial score (nSPS) is 10.6. The van der Waals surface area contributed by atoms with Crippen LogP contribution in [-0.2, 0) is 13.1 Å². The molecule has 0 saturated carbocycles. The molecule has 0 N–H and O–H groups in total. The number of furan rings is 1. The molecule has 2 aromatic heterocycles. The molecule has 0 saturated heterocycles. The van der Waals surface area contributed by atoms with E-state index in [9.17, 15) is 9.59 Å². The average Bonchev–Trinajstić information content (AvgIpc) is 2.86. The molecule has 0 aliphatic carbocycles. The lowest BCUT2D eigenvalue weighted by Gasteiger charge is -2.15. The van der Waals surface area contributed by atoms with Crippen molar-refractivity contribution in [1.82, 2.24) is 14.7 Å². The largest absolute Gasteiger partial charge is 0.464 e. The molecule has 0 bridgehead atoms. The van der Waals surface area contributed by atoms with Gasteiger partial charge in [-0.15, -0.1) is 0 Å². The highest BCUT2D eigenvalue weighted by molar-refractivity contribution is 5.91. The Balaban J connectivity index is 2.15. The molecule has 2 heterocycles. The fourth-order valence-corrected chi connectivity index (χ4v) is 2.01. The van der Waals surface area contributed by atoms with Crippen LogP contribution in [0.25, 0.3) is 0 Å². The number of hydrogen-bond donors (Lipinski definition) is 0. The number of hydrogen-bond acceptors (Lipinski definition) is 4. The van der Waals surface area contributed by atoms with E-state index in [1.165, 1.54) is 21.7 Å². The van der Waals surface area contributed by atoms with Crippen molar-refractivity contribution < 1.29 is 9.21 Å². The first kappa shape index (κ1) is 15.0. The zero-order chi connectivity index (χ0) is 15.4. The second kappa shape index (κ2) is 6.39. The molecule has 1 amide bonds. The van der Waals surface area contributed by atoms with E-state index in [2.05, 4.69) is 5.10 Å². The second-order valence-corrected chi connectivity index (χ2v) is 4.95. The predicted molar refractivity (Wildman–Crippen MR) is 78.0 cm³/mol. The van der Waals surface area contributed by atoms with E-state index in [-0.39, 0.29) is 17.2 Å². The molecule has 0 aliphatic rings. The molecule has 0 unspecified atom stereocenters. The van der Waals surface area contributed by atoms with Crippen LogP contribution in [0, 0.1) is 6.92 Å². The predicted octanol–water partition coefficient (Wildman–Crippen LogP) is 1.83. The van der Waals surface area contributed by atoms with Gasteiger partial charge in [-0.3, -0.25) is 9.59 Å². The highest BCUT2D eigenvalue weighted by atomic mass is 16.3. The highest BCUT2D eigenvalue weighted by Gasteiger charge is 2.16. The molecular formula is C15H19N3O3. The van der Waals surface area contributed by atoms with E-state index in [1.54, 1.807) is 7.05 Å². The van der Waals surface area contributed by atoms with Crippen molar-refractivity contribution in [3.8, 4) is 0 Å². The van der Waals surface area contributed by atoms with Gasteiger partial charge in [-0.05, 0) is 31.5 Å². The summed E-state index contributed by atoms with van der Waals surface area (Å²) < 4.78 is 6.77. The number of rotatable bonds is 5. The molecule has 0 aromatic carbocycles. The Morgan fingerprint density at radius 1 is 1.33 bits per heavy atom. The third-order valence-electron chi connectivity index (χ3n) is 3.06. The maximum atomic E-state index is 12.3. The summed E-state index contributed by atoms with van der Waals surface area (Å²) in [6, 6.07) is 6.53. The van der Waals surface area contributed by atoms with Gasteiger partial charge in [0, 0.05) is 19.7 Å². The molecule has 6 nitrogen and oxygen atoms in total. The van der Waals surface area contributed by atoms with Crippen LogP contribution in [-0.4, -0.2) is 27.6 Å². The number of aromatic nitrogens is 2. The third kappa shape index (κ3) is 3.59. The van der Waals surface area contributed by atoms with Gasteiger partial charge < -0.3 is 9.32 Å². The summed E-state index contributed by atoms with van der Waals surface area (Å²) in [6.45, 7) is 4.67. The number of carbonyl (C=O) groups is 1. The van der Waals surface area contributed by atoms with Gasteiger partial charge in [-0.25, -0.2) is 4.68 Å². The summed E-state index contributed by atoms with van der Waals surface area (Å²) >= 11 is 0. The Morgan fingerprint density at radius 3 is 2.71 bits per heavy atom. The van der Waals surface area contributed by atoms with Crippen LogP contribution in [0.15, 0.2) is 33.5 Å². The fraction of sp³-hybridized carbons (Fsp3) is 0.400. The minimum absolute atomic E-state index is 0.197. The molecular weight excluding hydrogens is 270 g/mol. The van der Waals surface area contributed by atoms with E-state index in [1.807, 2.05) is 26.0 Å². The number of nitrogens with zero attached hydrogens (tertiary/aromatic N) is 3. The summed E-state index contributed by atoms with van der Waals surface area (Å²) in [5, 5.41) is 4.11. The topological polar surface area (TPSA) is 68.3 Å². The lowest BCUT2D eigenvalue weighted by atomic mass is 10.3. The molecule has 0 spiro atoms. The summed E-state index contributed by atoms with van der Waals surface area (Å²) in [4.78, 5) is 25.5. The van der Waals surface area contributed by atoms with E-state index in [0.717, 1.165) is 12.2 Å². The lowest BCUT2D eigenvalue weighted by Crippen LogP contribution is -2.30. The standard InChI is InChI=1S/C15H19N3O3/c1-4-9-18-14(19)8-7-13(16-18)15(20)17(3)10-12-6-5-11(2)21-12/h5-8H,4,9-10H2,1-3H3. The molecule has 2 rings (SSSR count). The average molecular weight is 289 g/mol. The third-order valence-corrected chi connectivity index (χ3v) is 3.06. The second-order valence-electron chi connectivity index (χ2n) is 4.95. The lowest BCUT2D eigenvalue weighted by molar-refractivity contribution is 0.0766. The SMILES string of the molecule is CCCn1nc(C(=O)N(C)Cc2ccc(C)o2)ccc1=O. The molecule has 112 valence electrons.